The van der Waals surface area contributed by atoms with Gasteiger partial charge < -0.3 is 5.32 Å². The minimum atomic E-state index is -3.53. The van der Waals surface area contributed by atoms with E-state index < -0.39 is 15.2 Å². The Bertz CT molecular complexity index is 654. The minimum Gasteiger partial charge on any atom is -0.339 e. The number of amides is 1. The maximum absolute atomic E-state index is 12.5. The summed E-state index contributed by atoms with van der Waals surface area (Å²) >= 11 is 0. The van der Waals surface area contributed by atoms with Crippen molar-refractivity contribution in [1.29, 1.82) is 0 Å². The minimum absolute atomic E-state index is 0.117. The van der Waals surface area contributed by atoms with E-state index >= 15 is 0 Å². The molecule has 0 fully saturated rings. The van der Waals surface area contributed by atoms with Crippen LogP contribution in [-0.4, -0.2) is 14.8 Å². The largest absolute Gasteiger partial charge is 0.339 e. The van der Waals surface area contributed by atoms with Gasteiger partial charge in [0.1, 0.15) is 0 Å². The molecule has 5 heteroatoms. The Hall–Kier alpha value is -2.14. The molecule has 0 radical (unpaired) electrons. The first-order chi connectivity index (χ1) is 9.63. The van der Waals surface area contributed by atoms with Crippen molar-refractivity contribution >= 4 is 16.2 Å². The fourth-order valence-corrected chi connectivity index (χ4v) is 3.65. The summed E-state index contributed by atoms with van der Waals surface area (Å²) in [4.78, 5) is 10.7. The molecule has 1 unspecified atom stereocenters. The number of nitrogens with one attached hydrogen (secondary N) is 1. The molecule has 20 heavy (non-hydrogen) atoms. The van der Waals surface area contributed by atoms with Gasteiger partial charge in [-0.1, -0.05) is 60.7 Å². The van der Waals surface area contributed by atoms with Gasteiger partial charge in [0.15, 0.2) is 15.2 Å². The van der Waals surface area contributed by atoms with Crippen LogP contribution in [0.25, 0.3) is 0 Å². The molecule has 104 valence electrons. The normalized spacial score (nSPS) is 12.6. The van der Waals surface area contributed by atoms with E-state index in [2.05, 4.69) is 5.32 Å². The van der Waals surface area contributed by atoms with Crippen molar-refractivity contribution in [3.8, 4) is 0 Å². The second kappa shape index (κ2) is 6.34. The first-order valence-corrected chi connectivity index (χ1v) is 7.85. The molecule has 0 spiro atoms. The molecular formula is C15H15NO3S. The van der Waals surface area contributed by atoms with Crippen LogP contribution in [0.3, 0.4) is 0 Å². The van der Waals surface area contributed by atoms with Gasteiger partial charge in [-0.3, -0.25) is 4.79 Å². The highest BCUT2D eigenvalue weighted by Crippen LogP contribution is 2.22. The van der Waals surface area contributed by atoms with Crippen molar-refractivity contribution < 1.29 is 13.2 Å². The van der Waals surface area contributed by atoms with E-state index in [4.69, 9.17) is 0 Å². The zero-order valence-electron chi connectivity index (χ0n) is 10.8. The van der Waals surface area contributed by atoms with Gasteiger partial charge in [0.05, 0.1) is 5.75 Å². The van der Waals surface area contributed by atoms with E-state index in [0.29, 0.717) is 17.5 Å². The second-order valence-electron chi connectivity index (χ2n) is 4.37. The van der Waals surface area contributed by atoms with Gasteiger partial charge in [0, 0.05) is 0 Å². The number of carbonyl (C=O) groups excluding carboxylic acids is 1. The Labute approximate surface area is 118 Å². The summed E-state index contributed by atoms with van der Waals surface area (Å²) in [5.41, 5.74) is 1.25. The summed E-state index contributed by atoms with van der Waals surface area (Å²) in [6.45, 7) is 0. The molecule has 1 N–H and O–H groups in total. The number of rotatable bonds is 6. The molecule has 2 rings (SSSR count). The third-order valence-corrected chi connectivity index (χ3v) is 4.75. The summed E-state index contributed by atoms with van der Waals surface area (Å²) in [6, 6.07) is 17.6. The Morgan fingerprint density at radius 2 is 1.50 bits per heavy atom. The van der Waals surface area contributed by atoms with Crippen LogP contribution < -0.4 is 5.32 Å². The molecule has 2 aromatic carbocycles. The molecule has 0 aliphatic heterocycles. The van der Waals surface area contributed by atoms with Crippen LogP contribution in [0.1, 0.15) is 16.5 Å². The molecule has 0 heterocycles. The molecule has 0 aliphatic rings. The maximum atomic E-state index is 12.5. The first-order valence-electron chi connectivity index (χ1n) is 6.13. The zero-order chi connectivity index (χ0) is 14.4. The Morgan fingerprint density at radius 3 is 2.05 bits per heavy atom. The molecule has 4 nitrogen and oxygen atoms in total. The Morgan fingerprint density at radius 1 is 0.950 bits per heavy atom. The topological polar surface area (TPSA) is 63.2 Å². The molecule has 0 bridgehead atoms. The lowest BCUT2D eigenvalue weighted by Crippen LogP contribution is -2.28. The predicted octanol–water partition coefficient (Wildman–Crippen LogP) is 2.05. The zero-order valence-corrected chi connectivity index (χ0v) is 11.6. The van der Waals surface area contributed by atoms with Crippen molar-refractivity contribution in [3.63, 3.8) is 0 Å². The summed E-state index contributed by atoms with van der Waals surface area (Å²) < 4.78 is 24.9. The smallest absolute Gasteiger partial charge is 0.208 e. The predicted molar refractivity (Wildman–Crippen MR) is 77.4 cm³/mol. The molecule has 0 aliphatic carbocycles. The number of sulfone groups is 1. The van der Waals surface area contributed by atoms with Crippen molar-refractivity contribution in [1.82, 2.24) is 5.32 Å². The van der Waals surface area contributed by atoms with E-state index in [9.17, 15) is 13.2 Å². The van der Waals surface area contributed by atoms with Crippen LogP contribution in [0.2, 0.25) is 0 Å². The highest BCUT2D eigenvalue weighted by Gasteiger charge is 2.26. The molecule has 2 aromatic rings. The van der Waals surface area contributed by atoms with Crippen molar-refractivity contribution in [2.45, 2.75) is 11.1 Å². The lowest BCUT2D eigenvalue weighted by molar-refractivity contribution is -0.109. The summed E-state index contributed by atoms with van der Waals surface area (Å²) in [6.07, 6.45) is 0.417. The van der Waals surface area contributed by atoms with Crippen LogP contribution >= 0.6 is 0 Å². The molecule has 0 saturated carbocycles. The third-order valence-electron chi connectivity index (χ3n) is 2.89. The average molecular weight is 289 g/mol. The van der Waals surface area contributed by atoms with Gasteiger partial charge in [-0.2, -0.15) is 0 Å². The Kier molecular flexibility index (Phi) is 4.53. The number of carbonyl (C=O) groups is 1. The Balaban J connectivity index is 2.31. The second-order valence-corrected chi connectivity index (χ2v) is 6.45. The van der Waals surface area contributed by atoms with Gasteiger partial charge in [0.2, 0.25) is 6.41 Å². The van der Waals surface area contributed by atoms with Crippen molar-refractivity contribution in [3.05, 3.63) is 71.8 Å². The maximum Gasteiger partial charge on any atom is 0.208 e. The molecule has 0 saturated heterocycles. The summed E-state index contributed by atoms with van der Waals surface area (Å²) in [5.74, 6) is -0.117. The van der Waals surface area contributed by atoms with Gasteiger partial charge in [-0.05, 0) is 11.1 Å². The van der Waals surface area contributed by atoms with E-state index in [0.717, 1.165) is 0 Å². The SMILES string of the molecule is O=CNC(c1ccccc1)S(=O)(=O)Cc1ccccc1. The highest BCUT2D eigenvalue weighted by atomic mass is 32.2. The molecule has 1 atom stereocenters. The van der Waals surface area contributed by atoms with Crippen LogP contribution in [0.15, 0.2) is 60.7 Å². The van der Waals surface area contributed by atoms with E-state index in [1.165, 1.54) is 0 Å². The average Bonchev–Trinajstić information content (AvgIpc) is 2.46. The number of hydrogen-bond acceptors (Lipinski definition) is 3. The van der Waals surface area contributed by atoms with Gasteiger partial charge >= 0.3 is 0 Å². The van der Waals surface area contributed by atoms with E-state index in [1.807, 2.05) is 6.07 Å². The molecule has 0 aromatic heterocycles. The lowest BCUT2D eigenvalue weighted by atomic mass is 10.2. The summed E-state index contributed by atoms with van der Waals surface area (Å²) in [5, 5.41) is 1.36. The van der Waals surface area contributed by atoms with Gasteiger partial charge in [-0.15, -0.1) is 0 Å². The van der Waals surface area contributed by atoms with Crippen LogP contribution in [-0.2, 0) is 20.4 Å². The van der Waals surface area contributed by atoms with Crippen LogP contribution in [0.4, 0.5) is 0 Å². The molecular weight excluding hydrogens is 274 g/mol. The number of benzene rings is 2. The standard InChI is InChI=1S/C15H15NO3S/c17-12-16-15(14-9-5-2-6-10-14)20(18,19)11-13-7-3-1-4-8-13/h1-10,12,15H,11H2,(H,16,17). The van der Waals surface area contributed by atoms with Crippen LogP contribution in [0.5, 0.6) is 0 Å². The third kappa shape index (κ3) is 3.45. The van der Waals surface area contributed by atoms with E-state index in [1.54, 1.807) is 54.6 Å². The quantitative estimate of drug-likeness (QED) is 0.828. The molecule has 1 amide bonds. The summed E-state index contributed by atoms with van der Waals surface area (Å²) in [7, 11) is -3.53. The van der Waals surface area contributed by atoms with E-state index in [-0.39, 0.29) is 5.75 Å². The highest BCUT2D eigenvalue weighted by molar-refractivity contribution is 7.90. The van der Waals surface area contributed by atoms with Gasteiger partial charge in [-0.25, -0.2) is 8.42 Å². The van der Waals surface area contributed by atoms with Crippen LogP contribution in [0, 0.1) is 0 Å². The first kappa shape index (κ1) is 14.3. The fraction of sp³-hybridized carbons (Fsp3) is 0.133. The monoisotopic (exact) mass is 289 g/mol. The fourth-order valence-electron chi connectivity index (χ4n) is 1.99. The van der Waals surface area contributed by atoms with Crippen molar-refractivity contribution in [2.24, 2.45) is 0 Å². The lowest BCUT2D eigenvalue weighted by Gasteiger charge is -2.17. The number of hydrogen-bond donors (Lipinski definition) is 1. The van der Waals surface area contributed by atoms with Gasteiger partial charge in [0.25, 0.3) is 0 Å². The van der Waals surface area contributed by atoms with Crippen molar-refractivity contribution in [2.75, 3.05) is 0 Å².